The second kappa shape index (κ2) is 4.49. The minimum Gasteiger partial charge on any atom is -0.370 e. The zero-order valence-electron chi connectivity index (χ0n) is 8.33. The molecule has 1 aromatic rings. The van der Waals surface area contributed by atoms with Crippen LogP contribution in [0.2, 0.25) is 0 Å². The molecule has 0 bridgehead atoms. The van der Waals surface area contributed by atoms with Gasteiger partial charge in [0.15, 0.2) is 0 Å². The van der Waals surface area contributed by atoms with Gasteiger partial charge in [0.1, 0.15) is 0 Å². The molecule has 1 fully saturated rings. The predicted octanol–water partition coefficient (Wildman–Crippen LogP) is 2.09. The van der Waals surface area contributed by atoms with E-state index >= 15 is 0 Å². The molecule has 0 aromatic heterocycles. The van der Waals surface area contributed by atoms with E-state index < -0.39 is 0 Å². The number of hydrogen-bond acceptors (Lipinski definition) is 2. The van der Waals surface area contributed by atoms with Gasteiger partial charge in [-0.05, 0) is 54.3 Å². The maximum atomic E-state index is 3.33. The van der Waals surface area contributed by atoms with Crippen LogP contribution in [0.5, 0.6) is 0 Å². The van der Waals surface area contributed by atoms with Crippen molar-refractivity contribution < 1.29 is 0 Å². The Bertz CT molecular complexity index is 314. The van der Waals surface area contributed by atoms with Gasteiger partial charge in [0.25, 0.3) is 0 Å². The van der Waals surface area contributed by atoms with Gasteiger partial charge in [-0.15, -0.1) is 0 Å². The SMILES string of the molecule is CNC1CCN(c2cccc(I)c2)C1. The van der Waals surface area contributed by atoms with Crippen LogP contribution in [0.4, 0.5) is 5.69 Å². The molecule has 76 valence electrons. The van der Waals surface area contributed by atoms with Crippen LogP contribution in [0.1, 0.15) is 6.42 Å². The normalized spacial score (nSPS) is 21.6. The number of hydrogen-bond donors (Lipinski definition) is 1. The standard InChI is InChI=1S/C11H15IN2/c1-13-10-5-6-14(8-10)11-4-2-3-9(12)7-11/h2-4,7,10,13H,5-6,8H2,1H3. The topological polar surface area (TPSA) is 15.3 Å². The van der Waals surface area contributed by atoms with Crippen molar-refractivity contribution in [1.29, 1.82) is 0 Å². The summed E-state index contributed by atoms with van der Waals surface area (Å²) in [5.41, 5.74) is 1.36. The first-order valence-corrected chi connectivity index (χ1v) is 6.05. The first kappa shape index (κ1) is 10.2. The predicted molar refractivity (Wildman–Crippen MR) is 68.8 cm³/mol. The monoisotopic (exact) mass is 302 g/mol. The average Bonchev–Trinajstić information content (AvgIpc) is 2.66. The largest absolute Gasteiger partial charge is 0.370 e. The van der Waals surface area contributed by atoms with Crippen molar-refractivity contribution >= 4 is 28.3 Å². The zero-order chi connectivity index (χ0) is 9.97. The third-order valence-electron chi connectivity index (χ3n) is 2.77. The highest BCUT2D eigenvalue weighted by Crippen LogP contribution is 2.21. The molecule has 0 amide bonds. The summed E-state index contributed by atoms with van der Waals surface area (Å²) in [6, 6.07) is 9.37. The molecule has 1 aliphatic heterocycles. The molecule has 1 aromatic carbocycles. The van der Waals surface area contributed by atoms with E-state index in [-0.39, 0.29) is 0 Å². The highest BCUT2D eigenvalue weighted by atomic mass is 127. The number of benzene rings is 1. The van der Waals surface area contributed by atoms with E-state index in [1.54, 1.807) is 0 Å². The lowest BCUT2D eigenvalue weighted by molar-refractivity contribution is 0.617. The summed E-state index contributed by atoms with van der Waals surface area (Å²) in [7, 11) is 2.04. The van der Waals surface area contributed by atoms with E-state index in [0.717, 1.165) is 6.54 Å². The van der Waals surface area contributed by atoms with E-state index in [2.05, 4.69) is 57.1 Å². The van der Waals surface area contributed by atoms with Gasteiger partial charge < -0.3 is 10.2 Å². The molecular formula is C11H15IN2. The summed E-state index contributed by atoms with van der Waals surface area (Å²) >= 11 is 2.36. The minimum atomic E-state index is 0.660. The molecule has 1 atom stereocenters. The van der Waals surface area contributed by atoms with Gasteiger partial charge in [0.05, 0.1) is 0 Å². The lowest BCUT2D eigenvalue weighted by atomic mass is 10.3. The highest BCUT2D eigenvalue weighted by Gasteiger charge is 2.20. The molecule has 1 saturated heterocycles. The zero-order valence-corrected chi connectivity index (χ0v) is 10.5. The molecule has 1 aliphatic rings. The Labute approximate surface area is 98.8 Å². The van der Waals surface area contributed by atoms with E-state index in [0.29, 0.717) is 6.04 Å². The number of rotatable bonds is 2. The molecule has 0 spiro atoms. The second-order valence-corrected chi connectivity index (χ2v) is 4.95. The van der Waals surface area contributed by atoms with Crippen LogP contribution in [0, 0.1) is 3.57 Å². The highest BCUT2D eigenvalue weighted by molar-refractivity contribution is 14.1. The van der Waals surface area contributed by atoms with E-state index in [9.17, 15) is 0 Å². The summed E-state index contributed by atoms with van der Waals surface area (Å²) in [5, 5.41) is 3.33. The first-order chi connectivity index (χ1) is 6.79. The van der Waals surface area contributed by atoms with Crippen LogP contribution in [0.25, 0.3) is 0 Å². The molecule has 1 N–H and O–H groups in total. The van der Waals surface area contributed by atoms with E-state index in [1.165, 1.54) is 22.2 Å². The van der Waals surface area contributed by atoms with Crippen molar-refractivity contribution in [3.8, 4) is 0 Å². The lowest BCUT2D eigenvalue weighted by Gasteiger charge is -2.18. The summed E-state index contributed by atoms with van der Waals surface area (Å²) < 4.78 is 1.31. The molecule has 2 nitrogen and oxygen atoms in total. The molecule has 1 heterocycles. The van der Waals surface area contributed by atoms with Crippen molar-refractivity contribution in [3.63, 3.8) is 0 Å². The van der Waals surface area contributed by atoms with E-state index in [4.69, 9.17) is 0 Å². The minimum absolute atomic E-state index is 0.660. The van der Waals surface area contributed by atoms with Crippen molar-refractivity contribution in [2.75, 3.05) is 25.0 Å². The van der Waals surface area contributed by atoms with E-state index in [1.807, 2.05) is 7.05 Å². The summed E-state index contributed by atoms with van der Waals surface area (Å²) in [6.07, 6.45) is 1.25. The molecule has 0 aliphatic carbocycles. The fourth-order valence-electron chi connectivity index (χ4n) is 1.90. The fraction of sp³-hybridized carbons (Fsp3) is 0.455. The molecule has 0 radical (unpaired) electrons. The molecular weight excluding hydrogens is 287 g/mol. The Morgan fingerprint density at radius 1 is 1.50 bits per heavy atom. The van der Waals surface area contributed by atoms with Gasteiger partial charge in [-0.25, -0.2) is 0 Å². The van der Waals surface area contributed by atoms with Gasteiger partial charge in [-0.2, -0.15) is 0 Å². The maximum Gasteiger partial charge on any atom is 0.0377 e. The smallest absolute Gasteiger partial charge is 0.0377 e. The summed E-state index contributed by atoms with van der Waals surface area (Å²) in [5.74, 6) is 0. The number of nitrogens with one attached hydrogen (secondary N) is 1. The quantitative estimate of drug-likeness (QED) is 0.842. The average molecular weight is 302 g/mol. The maximum absolute atomic E-state index is 3.33. The van der Waals surface area contributed by atoms with Crippen LogP contribution in [-0.4, -0.2) is 26.2 Å². The Hall–Kier alpha value is -0.290. The summed E-state index contributed by atoms with van der Waals surface area (Å²) in [4.78, 5) is 2.45. The van der Waals surface area contributed by atoms with Gasteiger partial charge in [-0.1, -0.05) is 6.07 Å². The van der Waals surface area contributed by atoms with Crippen molar-refractivity contribution in [2.45, 2.75) is 12.5 Å². The number of anilines is 1. The second-order valence-electron chi connectivity index (χ2n) is 3.70. The Morgan fingerprint density at radius 3 is 3.00 bits per heavy atom. The van der Waals surface area contributed by atoms with Crippen molar-refractivity contribution in [1.82, 2.24) is 5.32 Å². The number of nitrogens with zero attached hydrogens (tertiary/aromatic N) is 1. The third kappa shape index (κ3) is 2.20. The fourth-order valence-corrected chi connectivity index (χ4v) is 2.43. The Morgan fingerprint density at radius 2 is 2.36 bits per heavy atom. The number of halogens is 1. The first-order valence-electron chi connectivity index (χ1n) is 4.97. The third-order valence-corrected chi connectivity index (χ3v) is 3.44. The Kier molecular flexibility index (Phi) is 3.28. The molecule has 1 unspecified atom stereocenters. The van der Waals surface area contributed by atoms with Gasteiger partial charge in [-0.3, -0.25) is 0 Å². The van der Waals surface area contributed by atoms with Crippen molar-refractivity contribution in [3.05, 3.63) is 27.8 Å². The van der Waals surface area contributed by atoms with Crippen molar-refractivity contribution in [2.24, 2.45) is 0 Å². The van der Waals surface area contributed by atoms with Gasteiger partial charge in [0, 0.05) is 28.4 Å². The Balaban J connectivity index is 2.09. The molecule has 3 heteroatoms. The van der Waals surface area contributed by atoms with Crippen LogP contribution in [0.3, 0.4) is 0 Å². The molecule has 2 rings (SSSR count). The van der Waals surface area contributed by atoms with Crippen LogP contribution >= 0.6 is 22.6 Å². The van der Waals surface area contributed by atoms with Crippen LogP contribution < -0.4 is 10.2 Å². The summed E-state index contributed by atoms with van der Waals surface area (Å²) in [6.45, 7) is 2.31. The van der Waals surface area contributed by atoms with Gasteiger partial charge in [0.2, 0.25) is 0 Å². The lowest BCUT2D eigenvalue weighted by Crippen LogP contribution is -2.29. The van der Waals surface area contributed by atoms with Gasteiger partial charge >= 0.3 is 0 Å². The number of likely N-dealkylation sites (N-methyl/N-ethyl adjacent to an activating group) is 1. The molecule has 14 heavy (non-hydrogen) atoms. The van der Waals surface area contributed by atoms with Crippen LogP contribution in [0.15, 0.2) is 24.3 Å². The molecule has 0 saturated carbocycles. The van der Waals surface area contributed by atoms with Crippen LogP contribution in [-0.2, 0) is 0 Å².